The quantitative estimate of drug-likeness (QED) is 0.126. The second-order valence-corrected chi connectivity index (χ2v) is 9.19. The number of hydrogen-bond donors (Lipinski definition) is 0. The maximum atomic E-state index is 12.7. The Balaban J connectivity index is 1.79. The van der Waals surface area contributed by atoms with Gasteiger partial charge in [0.25, 0.3) is 6.20 Å². The SMILES string of the molecule is COc1cc(-c2cc(-c3ccccc3)nc(SC/C([O-])=N/c3c[n+](N(C)C)no3)c2C#N)cc(OC)c1OC. The van der Waals surface area contributed by atoms with Crippen LogP contribution < -0.4 is 29.1 Å². The summed E-state index contributed by atoms with van der Waals surface area (Å²) in [4.78, 5) is 10.1. The molecule has 200 valence electrons. The monoisotopic (exact) mass is 546 g/mol. The van der Waals surface area contributed by atoms with Crippen LogP contribution in [0.15, 0.2) is 69.3 Å². The lowest BCUT2D eigenvalue weighted by atomic mass is 9.98. The number of aromatic nitrogens is 3. The molecule has 0 fully saturated rings. The van der Waals surface area contributed by atoms with Crippen molar-refractivity contribution in [2.24, 2.45) is 4.99 Å². The lowest BCUT2D eigenvalue weighted by molar-refractivity contribution is -0.753. The van der Waals surface area contributed by atoms with Crippen molar-refractivity contribution < 1.29 is 28.6 Å². The molecule has 39 heavy (non-hydrogen) atoms. The summed E-state index contributed by atoms with van der Waals surface area (Å²) in [6.45, 7) is 0. The summed E-state index contributed by atoms with van der Waals surface area (Å²) in [7, 11) is 8.11. The molecule has 12 heteroatoms. The van der Waals surface area contributed by atoms with E-state index in [1.165, 1.54) is 32.3 Å². The summed E-state index contributed by atoms with van der Waals surface area (Å²) in [5, 5.41) is 28.7. The van der Waals surface area contributed by atoms with Crippen LogP contribution in [0.25, 0.3) is 22.4 Å². The number of thioether (sulfide) groups is 1. The van der Waals surface area contributed by atoms with Gasteiger partial charge in [-0.3, -0.25) is 4.52 Å². The van der Waals surface area contributed by atoms with Crippen LogP contribution in [0.3, 0.4) is 0 Å². The van der Waals surface area contributed by atoms with E-state index in [-0.39, 0.29) is 11.6 Å². The standard InChI is InChI=1S/C27H26N6O5S/c1-32(2)33-15-25(38-31-33)30-24(34)16-39-27-20(14-28)19(13-21(29-27)17-9-7-6-8-10-17)18-11-22(35-3)26(37-5)23(12-18)36-4/h6-13,15H,16H2,1-5H3. The molecule has 2 aromatic carbocycles. The molecule has 0 aliphatic heterocycles. The van der Waals surface area contributed by atoms with Gasteiger partial charge in [0, 0.05) is 16.9 Å². The Morgan fingerprint density at radius 1 is 1.08 bits per heavy atom. The molecule has 2 aromatic heterocycles. The second-order valence-electron chi connectivity index (χ2n) is 8.23. The van der Waals surface area contributed by atoms with Gasteiger partial charge >= 0.3 is 5.88 Å². The first-order valence-electron chi connectivity index (χ1n) is 11.6. The van der Waals surface area contributed by atoms with E-state index in [1.54, 1.807) is 31.2 Å². The highest BCUT2D eigenvalue weighted by Crippen LogP contribution is 2.43. The third-order valence-electron chi connectivity index (χ3n) is 5.56. The van der Waals surface area contributed by atoms with E-state index in [0.717, 1.165) is 17.3 Å². The van der Waals surface area contributed by atoms with E-state index < -0.39 is 5.90 Å². The van der Waals surface area contributed by atoms with Crippen molar-refractivity contribution in [3.05, 3.63) is 60.3 Å². The van der Waals surface area contributed by atoms with Crippen LogP contribution in [0.2, 0.25) is 0 Å². The van der Waals surface area contributed by atoms with Crippen LogP contribution in [0.5, 0.6) is 17.2 Å². The van der Waals surface area contributed by atoms with Gasteiger partial charge in [-0.25, -0.2) is 9.98 Å². The maximum absolute atomic E-state index is 12.7. The summed E-state index contributed by atoms with van der Waals surface area (Å²) in [6.07, 6.45) is 1.49. The lowest BCUT2D eigenvalue weighted by Gasteiger charge is -2.17. The van der Waals surface area contributed by atoms with E-state index in [9.17, 15) is 10.4 Å². The average Bonchev–Trinajstić information content (AvgIpc) is 3.43. The first-order valence-corrected chi connectivity index (χ1v) is 12.6. The second kappa shape index (κ2) is 12.2. The highest BCUT2D eigenvalue weighted by Gasteiger charge is 2.20. The molecule has 0 saturated carbocycles. The van der Waals surface area contributed by atoms with Crippen molar-refractivity contribution in [3.63, 3.8) is 0 Å². The Labute approximate surface area is 229 Å². The van der Waals surface area contributed by atoms with Crippen LogP contribution in [0.1, 0.15) is 5.56 Å². The first kappa shape index (κ1) is 27.3. The van der Waals surface area contributed by atoms with Crippen molar-refractivity contribution >= 4 is 23.5 Å². The predicted molar refractivity (Wildman–Crippen MR) is 144 cm³/mol. The number of pyridine rings is 1. The van der Waals surface area contributed by atoms with Gasteiger partial charge in [0.1, 0.15) is 11.1 Å². The van der Waals surface area contributed by atoms with Gasteiger partial charge in [0.15, 0.2) is 11.5 Å². The minimum atomic E-state index is -0.466. The fourth-order valence-electron chi connectivity index (χ4n) is 3.71. The molecule has 0 bridgehead atoms. The number of ether oxygens (including phenoxy) is 3. The van der Waals surface area contributed by atoms with Crippen LogP contribution in [-0.2, 0) is 0 Å². The smallest absolute Gasteiger partial charge is 0.324 e. The highest BCUT2D eigenvalue weighted by molar-refractivity contribution is 8.00. The Morgan fingerprint density at radius 3 is 2.33 bits per heavy atom. The number of hydrogen-bond acceptors (Lipinski definition) is 11. The number of nitriles is 1. The zero-order valence-electron chi connectivity index (χ0n) is 22.0. The van der Waals surface area contributed by atoms with E-state index in [0.29, 0.717) is 44.7 Å². The minimum absolute atomic E-state index is 0.0684. The third kappa shape index (κ3) is 6.05. The molecule has 0 radical (unpaired) electrons. The van der Waals surface area contributed by atoms with Crippen LogP contribution in [0, 0.1) is 11.3 Å². The molecule has 2 heterocycles. The Kier molecular flexibility index (Phi) is 8.53. The Bertz CT molecular complexity index is 1510. The fraction of sp³-hybridized carbons (Fsp3) is 0.222. The third-order valence-corrected chi connectivity index (χ3v) is 6.52. The molecule has 0 saturated heterocycles. The Morgan fingerprint density at radius 2 is 1.77 bits per heavy atom. The molecule has 0 aliphatic rings. The van der Waals surface area contributed by atoms with Crippen molar-refractivity contribution in [1.82, 2.24) is 10.3 Å². The van der Waals surface area contributed by atoms with Crippen molar-refractivity contribution in [3.8, 4) is 45.7 Å². The molecule has 0 N–H and O–H groups in total. The van der Waals surface area contributed by atoms with Gasteiger partial charge in [-0.1, -0.05) is 42.1 Å². The molecule has 4 aromatic rings. The summed E-state index contributed by atoms with van der Waals surface area (Å²) < 4.78 is 21.6. The highest BCUT2D eigenvalue weighted by atomic mass is 32.2. The van der Waals surface area contributed by atoms with Crippen LogP contribution >= 0.6 is 11.8 Å². The summed E-state index contributed by atoms with van der Waals surface area (Å²) in [6, 6.07) is 17.2. The fourth-order valence-corrected chi connectivity index (χ4v) is 4.50. The van der Waals surface area contributed by atoms with Crippen molar-refractivity contribution in [1.29, 1.82) is 5.26 Å². The molecule has 11 nitrogen and oxygen atoms in total. The summed E-state index contributed by atoms with van der Waals surface area (Å²) in [5.74, 6) is 0.852. The zero-order chi connectivity index (χ0) is 27.9. The topological polar surface area (TPSA) is 133 Å². The summed E-state index contributed by atoms with van der Waals surface area (Å²) in [5.41, 5.74) is 3.04. The van der Waals surface area contributed by atoms with Crippen molar-refractivity contribution in [2.75, 3.05) is 46.2 Å². The van der Waals surface area contributed by atoms with Crippen LogP contribution in [-0.4, -0.2) is 57.3 Å². The average molecular weight is 547 g/mol. The van der Waals surface area contributed by atoms with E-state index in [2.05, 4.69) is 16.3 Å². The number of aliphatic imine (C=N–C) groups is 1. The zero-order valence-corrected chi connectivity index (χ0v) is 22.9. The van der Waals surface area contributed by atoms with Crippen LogP contribution in [0.4, 0.5) is 5.88 Å². The number of methoxy groups -OCH3 is 3. The number of nitrogens with zero attached hydrogens (tertiary/aromatic N) is 6. The first-order chi connectivity index (χ1) is 18.9. The molecule has 0 aliphatic carbocycles. The largest absolute Gasteiger partial charge is 0.861 e. The maximum Gasteiger partial charge on any atom is 0.324 e. The molecule has 0 atom stereocenters. The molecular formula is C27H26N6O5S. The van der Waals surface area contributed by atoms with Gasteiger partial charge in [-0.05, 0) is 29.7 Å². The molecular weight excluding hydrogens is 520 g/mol. The van der Waals surface area contributed by atoms with Gasteiger partial charge in [0.2, 0.25) is 11.0 Å². The van der Waals surface area contributed by atoms with E-state index in [4.69, 9.17) is 23.7 Å². The minimum Gasteiger partial charge on any atom is -0.861 e. The predicted octanol–water partition coefficient (Wildman–Crippen LogP) is 2.97. The van der Waals surface area contributed by atoms with Gasteiger partial charge < -0.3 is 19.3 Å². The number of benzene rings is 2. The van der Waals surface area contributed by atoms with Crippen molar-refractivity contribution in [2.45, 2.75) is 5.03 Å². The van der Waals surface area contributed by atoms with E-state index in [1.807, 2.05) is 36.4 Å². The lowest BCUT2D eigenvalue weighted by Crippen LogP contribution is -2.53. The van der Waals surface area contributed by atoms with Gasteiger partial charge in [0.05, 0.1) is 51.5 Å². The van der Waals surface area contributed by atoms with Gasteiger partial charge in [-0.15, -0.1) is 0 Å². The van der Waals surface area contributed by atoms with E-state index >= 15 is 0 Å². The molecule has 0 spiro atoms. The summed E-state index contributed by atoms with van der Waals surface area (Å²) >= 11 is 1.11. The van der Waals surface area contributed by atoms with Gasteiger partial charge in [-0.2, -0.15) is 10.3 Å². The Hall–Kier alpha value is -4.76. The molecule has 0 amide bonds. The molecule has 0 unspecified atom stereocenters. The number of rotatable bonds is 10. The normalized spacial score (nSPS) is 11.1. The molecule has 4 rings (SSSR count).